The van der Waals surface area contributed by atoms with Gasteiger partial charge in [-0.15, -0.1) is 0 Å². The number of benzene rings is 2. The molecule has 208 valence electrons. The van der Waals surface area contributed by atoms with Crippen LogP contribution in [-0.2, 0) is 9.53 Å². The van der Waals surface area contributed by atoms with E-state index in [-0.39, 0.29) is 36.2 Å². The molecule has 11 heteroatoms. The molecule has 1 atom stereocenters. The number of methoxy groups -OCH3 is 2. The predicted octanol–water partition coefficient (Wildman–Crippen LogP) is 2.81. The standard InChI is InChI=1S/C28H33FN4O6/c1-5-39-27(35)23-21(17-32-13-15-33(16-14-32)26(34)18-9-6-7-11-20(18)29)31(2)28(36)30-24(23)19-10-8-12-22(37-3)25(19)38-4/h6-12,24H,5,13-17H2,1-4H3,(H,30,36)/t24-/m1/s1. The van der Waals surface area contributed by atoms with Crippen molar-refractivity contribution in [1.29, 1.82) is 0 Å². The maximum absolute atomic E-state index is 14.2. The second-order valence-corrected chi connectivity index (χ2v) is 9.15. The van der Waals surface area contributed by atoms with E-state index >= 15 is 0 Å². The van der Waals surface area contributed by atoms with Crippen LogP contribution in [0.2, 0.25) is 0 Å². The van der Waals surface area contributed by atoms with Gasteiger partial charge in [-0.2, -0.15) is 0 Å². The van der Waals surface area contributed by atoms with Crippen molar-refractivity contribution in [3.63, 3.8) is 0 Å². The molecule has 2 aliphatic heterocycles. The Bertz CT molecular complexity index is 1270. The zero-order valence-electron chi connectivity index (χ0n) is 22.5. The van der Waals surface area contributed by atoms with Crippen molar-refractivity contribution in [2.24, 2.45) is 0 Å². The number of para-hydroxylation sites is 1. The van der Waals surface area contributed by atoms with Crippen LogP contribution in [-0.4, -0.2) is 93.2 Å². The molecule has 0 spiro atoms. The van der Waals surface area contributed by atoms with Gasteiger partial charge in [-0.3, -0.25) is 14.6 Å². The van der Waals surface area contributed by atoms with Crippen molar-refractivity contribution in [2.75, 3.05) is 60.6 Å². The van der Waals surface area contributed by atoms with Gasteiger partial charge in [0.1, 0.15) is 5.82 Å². The van der Waals surface area contributed by atoms with E-state index in [1.807, 2.05) is 0 Å². The number of hydrogen-bond donors (Lipinski definition) is 1. The molecule has 1 fully saturated rings. The summed E-state index contributed by atoms with van der Waals surface area (Å²) in [6, 6.07) is 9.95. The summed E-state index contributed by atoms with van der Waals surface area (Å²) in [5.41, 5.74) is 1.37. The van der Waals surface area contributed by atoms with E-state index in [9.17, 15) is 18.8 Å². The first-order valence-corrected chi connectivity index (χ1v) is 12.7. The minimum Gasteiger partial charge on any atom is -0.493 e. The number of carbonyl (C=O) groups excluding carboxylic acids is 3. The van der Waals surface area contributed by atoms with Gasteiger partial charge in [0, 0.05) is 51.0 Å². The Balaban J connectivity index is 1.63. The van der Waals surface area contributed by atoms with Gasteiger partial charge in [0.2, 0.25) is 0 Å². The molecule has 2 aliphatic rings. The fraction of sp³-hybridized carbons (Fsp3) is 0.393. The number of hydrogen-bond acceptors (Lipinski definition) is 7. The van der Waals surface area contributed by atoms with E-state index in [1.165, 1.54) is 31.3 Å². The minimum absolute atomic E-state index is 0.0389. The van der Waals surface area contributed by atoms with Crippen molar-refractivity contribution < 1.29 is 33.0 Å². The van der Waals surface area contributed by atoms with Crippen LogP contribution in [0.3, 0.4) is 0 Å². The van der Waals surface area contributed by atoms with E-state index in [0.717, 1.165) is 0 Å². The molecule has 2 aromatic rings. The number of piperazine rings is 1. The lowest BCUT2D eigenvalue weighted by molar-refractivity contribution is -0.139. The van der Waals surface area contributed by atoms with Crippen molar-refractivity contribution >= 4 is 17.9 Å². The van der Waals surface area contributed by atoms with Crippen LogP contribution < -0.4 is 14.8 Å². The van der Waals surface area contributed by atoms with E-state index in [1.54, 1.807) is 49.2 Å². The van der Waals surface area contributed by atoms with Crippen LogP contribution in [0.4, 0.5) is 9.18 Å². The molecule has 10 nitrogen and oxygen atoms in total. The third-order valence-electron chi connectivity index (χ3n) is 6.95. The third kappa shape index (κ3) is 5.68. The fourth-order valence-electron chi connectivity index (χ4n) is 4.90. The van der Waals surface area contributed by atoms with Gasteiger partial charge < -0.3 is 24.4 Å². The molecule has 0 unspecified atom stereocenters. The van der Waals surface area contributed by atoms with Crippen LogP contribution in [0.1, 0.15) is 28.9 Å². The summed E-state index contributed by atoms with van der Waals surface area (Å²) < 4.78 is 30.6. The lowest BCUT2D eigenvalue weighted by Crippen LogP contribution is -2.53. The molecule has 0 aromatic heterocycles. The summed E-state index contributed by atoms with van der Waals surface area (Å²) >= 11 is 0. The number of rotatable bonds is 8. The van der Waals surface area contributed by atoms with Crippen molar-refractivity contribution in [2.45, 2.75) is 13.0 Å². The van der Waals surface area contributed by atoms with E-state index in [2.05, 4.69) is 10.2 Å². The van der Waals surface area contributed by atoms with Crippen molar-refractivity contribution in [1.82, 2.24) is 20.0 Å². The predicted molar refractivity (Wildman–Crippen MR) is 141 cm³/mol. The van der Waals surface area contributed by atoms with Crippen molar-refractivity contribution in [3.8, 4) is 11.5 Å². The number of carbonyl (C=O) groups is 3. The average Bonchev–Trinajstić information content (AvgIpc) is 2.95. The van der Waals surface area contributed by atoms with Crippen LogP contribution in [0, 0.1) is 5.82 Å². The molecule has 1 saturated heterocycles. The quantitative estimate of drug-likeness (QED) is 0.514. The second-order valence-electron chi connectivity index (χ2n) is 9.15. The Kier molecular flexibility index (Phi) is 8.70. The largest absolute Gasteiger partial charge is 0.493 e. The van der Waals surface area contributed by atoms with Gasteiger partial charge in [0.25, 0.3) is 5.91 Å². The van der Waals surface area contributed by atoms with Gasteiger partial charge >= 0.3 is 12.0 Å². The number of nitrogens with zero attached hydrogens (tertiary/aromatic N) is 3. The Morgan fingerprint density at radius 1 is 1.03 bits per heavy atom. The molecule has 0 saturated carbocycles. The Hall–Kier alpha value is -4.12. The Morgan fingerprint density at radius 2 is 1.74 bits per heavy atom. The molecule has 0 radical (unpaired) electrons. The van der Waals surface area contributed by atoms with Crippen LogP contribution in [0.5, 0.6) is 11.5 Å². The minimum atomic E-state index is -0.836. The van der Waals surface area contributed by atoms with Gasteiger partial charge in [-0.05, 0) is 25.1 Å². The monoisotopic (exact) mass is 540 g/mol. The summed E-state index contributed by atoms with van der Waals surface area (Å²) in [7, 11) is 4.61. The smallest absolute Gasteiger partial charge is 0.338 e. The number of amides is 3. The van der Waals surface area contributed by atoms with Gasteiger partial charge in [-0.1, -0.05) is 24.3 Å². The van der Waals surface area contributed by atoms with Crippen LogP contribution in [0.25, 0.3) is 0 Å². The van der Waals surface area contributed by atoms with Gasteiger partial charge in [0.05, 0.1) is 38.0 Å². The number of nitrogens with one attached hydrogen (secondary N) is 1. The molecule has 0 bridgehead atoms. The van der Waals surface area contributed by atoms with Crippen molar-refractivity contribution in [3.05, 3.63) is 70.7 Å². The number of esters is 1. The number of halogens is 1. The number of likely N-dealkylation sites (N-methyl/N-ethyl adjacent to an activating group) is 1. The van der Waals surface area contributed by atoms with E-state index < -0.39 is 17.8 Å². The topological polar surface area (TPSA) is 101 Å². The van der Waals surface area contributed by atoms with Crippen LogP contribution in [0.15, 0.2) is 53.7 Å². The number of urea groups is 1. The molecule has 39 heavy (non-hydrogen) atoms. The first kappa shape index (κ1) is 27.9. The molecule has 3 amide bonds. The summed E-state index contributed by atoms with van der Waals surface area (Å²) in [5.74, 6) is -0.607. The average molecular weight is 541 g/mol. The highest BCUT2D eigenvalue weighted by atomic mass is 19.1. The first-order valence-electron chi connectivity index (χ1n) is 12.7. The normalized spacial score (nSPS) is 18.1. The second kappa shape index (κ2) is 12.2. The van der Waals surface area contributed by atoms with Crippen LogP contribution >= 0.6 is 0 Å². The molecular weight excluding hydrogens is 507 g/mol. The molecule has 1 N–H and O–H groups in total. The lowest BCUT2D eigenvalue weighted by atomic mass is 9.93. The number of ether oxygens (including phenoxy) is 3. The summed E-state index contributed by atoms with van der Waals surface area (Å²) in [6.45, 7) is 3.84. The fourth-order valence-corrected chi connectivity index (χ4v) is 4.90. The molecular formula is C28H33FN4O6. The zero-order chi connectivity index (χ0) is 28.1. The molecule has 4 rings (SSSR count). The van der Waals surface area contributed by atoms with Gasteiger partial charge in [-0.25, -0.2) is 14.0 Å². The first-order chi connectivity index (χ1) is 18.8. The maximum Gasteiger partial charge on any atom is 0.338 e. The highest BCUT2D eigenvalue weighted by molar-refractivity contribution is 5.96. The Labute approximate surface area is 226 Å². The zero-order valence-corrected chi connectivity index (χ0v) is 22.5. The van der Waals surface area contributed by atoms with E-state index in [4.69, 9.17) is 14.2 Å². The van der Waals surface area contributed by atoms with Gasteiger partial charge in [0.15, 0.2) is 11.5 Å². The highest BCUT2D eigenvalue weighted by Gasteiger charge is 2.39. The SMILES string of the molecule is CCOC(=O)C1=C(CN2CCN(C(=O)c3ccccc3F)CC2)N(C)C(=O)N[C@@H]1c1cccc(OC)c1OC. The third-order valence-corrected chi connectivity index (χ3v) is 6.95. The lowest BCUT2D eigenvalue weighted by Gasteiger charge is -2.39. The van der Waals surface area contributed by atoms with E-state index in [0.29, 0.717) is 48.9 Å². The maximum atomic E-state index is 14.2. The summed E-state index contributed by atoms with van der Waals surface area (Å²) in [5, 5.41) is 2.90. The summed E-state index contributed by atoms with van der Waals surface area (Å²) in [4.78, 5) is 44.3. The molecule has 2 heterocycles. The summed E-state index contributed by atoms with van der Waals surface area (Å²) in [6.07, 6.45) is 0. The molecule has 0 aliphatic carbocycles. The molecule has 2 aromatic carbocycles. The highest BCUT2D eigenvalue weighted by Crippen LogP contribution is 2.40. The Morgan fingerprint density at radius 3 is 2.38 bits per heavy atom.